The SMILES string of the molecule is COCCNC(=O)CN(C)C(=O)C(C)(C)C1CCCNC1. The number of rotatable bonds is 7. The van der Waals surface area contributed by atoms with E-state index < -0.39 is 5.41 Å². The van der Waals surface area contributed by atoms with Gasteiger partial charge in [-0.3, -0.25) is 9.59 Å². The van der Waals surface area contributed by atoms with Gasteiger partial charge < -0.3 is 20.3 Å². The molecule has 0 aliphatic carbocycles. The molecule has 21 heavy (non-hydrogen) atoms. The Labute approximate surface area is 127 Å². The van der Waals surface area contributed by atoms with Gasteiger partial charge >= 0.3 is 0 Å². The van der Waals surface area contributed by atoms with Gasteiger partial charge in [0.15, 0.2) is 0 Å². The summed E-state index contributed by atoms with van der Waals surface area (Å²) in [5, 5.41) is 6.08. The first-order valence-corrected chi connectivity index (χ1v) is 7.61. The molecule has 0 bridgehead atoms. The van der Waals surface area contributed by atoms with Crippen LogP contribution in [0.2, 0.25) is 0 Å². The second-order valence-electron chi connectivity index (χ2n) is 6.27. The van der Waals surface area contributed by atoms with Crippen LogP contribution in [0.15, 0.2) is 0 Å². The summed E-state index contributed by atoms with van der Waals surface area (Å²) in [6, 6.07) is 0. The highest BCUT2D eigenvalue weighted by molar-refractivity contribution is 5.87. The van der Waals surface area contributed by atoms with Crippen molar-refractivity contribution in [2.45, 2.75) is 26.7 Å². The monoisotopic (exact) mass is 299 g/mol. The largest absolute Gasteiger partial charge is 0.383 e. The number of carbonyl (C=O) groups is 2. The van der Waals surface area contributed by atoms with E-state index in [2.05, 4.69) is 10.6 Å². The minimum atomic E-state index is -0.449. The minimum Gasteiger partial charge on any atom is -0.383 e. The third-order valence-corrected chi connectivity index (χ3v) is 4.22. The van der Waals surface area contributed by atoms with E-state index in [0.717, 1.165) is 25.9 Å². The van der Waals surface area contributed by atoms with Crippen LogP contribution in [0.5, 0.6) is 0 Å². The molecule has 1 aliphatic heterocycles. The van der Waals surface area contributed by atoms with Gasteiger partial charge in [0.25, 0.3) is 0 Å². The molecule has 122 valence electrons. The van der Waals surface area contributed by atoms with E-state index in [1.807, 2.05) is 13.8 Å². The molecular weight excluding hydrogens is 270 g/mol. The first kappa shape index (κ1) is 17.9. The Balaban J connectivity index is 2.49. The van der Waals surface area contributed by atoms with E-state index in [-0.39, 0.29) is 18.4 Å². The van der Waals surface area contributed by atoms with E-state index >= 15 is 0 Å². The van der Waals surface area contributed by atoms with Crippen molar-refractivity contribution in [1.82, 2.24) is 15.5 Å². The summed E-state index contributed by atoms with van der Waals surface area (Å²) in [4.78, 5) is 25.9. The Kier molecular flexibility index (Phi) is 7.11. The van der Waals surface area contributed by atoms with Gasteiger partial charge in [-0.05, 0) is 31.8 Å². The summed E-state index contributed by atoms with van der Waals surface area (Å²) in [7, 11) is 3.28. The topological polar surface area (TPSA) is 70.7 Å². The number of methoxy groups -OCH3 is 1. The number of nitrogens with zero attached hydrogens (tertiary/aromatic N) is 1. The van der Waals surface area contributed by atoms with E-state index in [1.54, 1.807) is 14.2 Å². The molecule has 1 heterocycles. The number of amides is 2. The second kappa shape index (κ2) is 8.34. The van der Waals surface area contributed by atoms with Crippen molar-refractivity contribution in [3.8, 4) is 0 Å². The maximum atomic E-state index is 12.6. The third-order valence-electron chi connectivity index (χ3n) is 4.22. The fraction of sp³-hybridized carbons (Fsp3) is 0.867. The normalized spacial score (nSPS) is 19.1. The van der Waals surface area contributed by atoms with Gasteiger partial charge in [0, 0.05) is 26.1 Å². The molecule has 2 N–H and O–H groups in total. The van der Waals surface area contributed by atoms with Crippen LogP contribution in [-0.4, -0.2) is 63.7 Å². The van der Waals surface area contributed by atoms with E-state index in [9.17, 15) is 9.59 Å². The maximum absolute atomic E-state index is 12.6. The molecule has 1 fully saturated rings. The lowest BCUT2D eigenvalue weighted by atomic mass is 9.74. The predicted molar refractivity (Wildman–Crippen MR) is 81.9 cm³/mol. The summed E-state index contributed by atoms with van der Waals surface area (Å²) in [5.74, 6) is 0.191. The lowest BCUT2D eigenvalue weighted by molar-refractivity contribution is -0.145. The molecule has 6 heteroatoms. The minimum absolute atomic E-state index is 0.0260. The van der Waals surface area contributed by atoms with Crippen molar-refractivity contribution >= 4 is 11.8 Å². The molecule has 0 aromatic heterocycles. The Morgan fingerprint density at radius 1 is 1.43 bits per heavy atom. The van der Waals surface area contributed by atoms with Gasteiger partial charge in [-0.1, -0.05) is 13.8 Å². The molecule has 6 nitrogen and oxygen atoms in total. The molecule has 0 saturated carbocycles. The van der Waals surface area contributed by atoms with Gasteiger partial charge in [0.05, 0.1) is 13.2 Å². The van der Waals surface area contributed by atoms with Gasteiger partial charge in [-0.25, -0.2) is 0 Å². The molecule has 0 aromatic rings. The van der Waals surface area contributed by atoms with Crippen LogP contribution in [0.25, 0.3) is 0 Å². The molecule has 1 atom stereocenters. The summed E-state index contributed by atoms with van der Waals surface area (Å²) in [6.07, 6.45) is 2.15. The van der Waals surface area contributed by atoms with Crippen LogP contribution < -0.4 is 10.6 Å². The number of carbonyl (C=O) groups excluding carboxylic acids is 2. The lowest BCUT2D eigenvalue weighted by Crippen LogP contribution is -2.50. The Morgan fingerprint density at radius 2 is 2.14 bits per heavy atom. The molecule has 1 saturated heterocycles. The standard InChI is InChI=1S/C15H29N3O3/c1-15(2,12-6-5-7-16-10-12)14(20)18(3)11-13(19)17-8-9-21-4/h12,16H,5-11H2,1-4H3,(H,17,19). The highest BCUT2D eigenvalue weighted by Crippen LogP contribution is 2.33. The zero-order valence-electron chi connectivity index (χ0n) is 13.7. The summed E-state index contributed by atoms with van der Waals surface area (Å²) >= 11 is 0. The molecule has 1 rings (SSSR count). The average molecular weight is 299 g/mol. The third kappa shape index (κ3) is 5.28. The number of ether oxygens (including phenoxy) is 1. The molecule has 1 unspecified atom stereocenters. The molecule has 1 aliphatic rings. The van der Waals surface area contributed by atoms with Crippen LogP contribution in [-0.2, 0) is 14.3 Å². The zero-order chi connectivity index (χ0) is 15.9. The van der Waals surface area contributed by atoms with Crippen molar-refractivity contribution in [3.05, 3.63) is 0 Å². The fourth-order valence-electron chi connectivity index (χ4n) is 2.77. The second-order valence-corrected chi connectivity index (χ2v) is 6.27. The van der Waals surface area contributed by atoms with E-state index in [4.69, 9.17) is 4.74 Å². The quantitative estimate of drug-likeness (QED) is 0.660. The van der Waals surface area contributed by atoms with Crippen molar-refractivity contribution in [3.63, 3.8) is 0 Å². The molecule has 2 amide bonds. The summed E-state index contributed by atoms with van der Waals surface area (Å²) in [5.41, 5.74) is -0.449. The number of hydrogen-bond donors (Lipinski definition) is 2. The first-order valence-electron chi connectivity index (χ1n) is 7.61. The summed E-state index contributed by atoms with van der Waals surface area (Å²) < 4.78 is 4.88. The Morgan fingerprint density at radius 3 is 2.71 bits per heavy atom. The van der Waals surface area contributed by atoms with Crippen LogP contribution in [0.3, 0.4) is 0 Å². The van der Waals surface area contributed by atoms with Crippen molar-refractivity contribution in [2.75, 3.05) is 46.9 Å². The maximum Gasteiger partial charge on any atom is 0.239 e. The van der Waals surface area contributed by atoms with Gasteiger partial charge in [0.1, 0.15) is 0 Å². The molecule has 0 aromatic carbocycles. The van der Waals surface area contributed by atoms with Gasteiger partial charge in [-0.15, -0.1) is 0 Å². The number of nitrogens with one attached hydrogen (secondary N) is 2. The van der Waals surface area contributed by atoms with E-state index in [1.165, 1.54) is 4.90 Å². The smallest absolute Gasteiger partial charge is 0.239 e. The summed E-state index contributed by atoms with van der Waals surface area (Å²) in [6.45, 7) is 6.88. The van der Waals surface area contributed by atoms with Gasteiger partial charge in [-0.2, -0.15) is 0 Å². The molecule has 0 spiro atoms. The van der Waals surface area contributed by atoms with Crippen LogP contribution in [0, 0.1) is 11.3 Å². The highest BCUT2D eigenvalue weighted by Gasteiger charge is 2.39. The van der Waals surface area contributed by atoms with Crippen LogP contribution in [0.4, 0.5) is 0 Å². The number of piperidine rings is 1. The fourth-order valence-corrected chi connectivity index (χ4v) is 2.77. The highest BCUT2D eigenvalue weighted by atomic mass is 16.5. The average Bonchev–Trinajstić information content (AvgIpc) is 2.47. The van der Waals surface area contributed by atoms with Gasteiger partial charge in [0.2, 0.25) is 11.8 Å². The van der Waals surface area contributed by atoms with Crippen molar-refractivity contribution in [1.29, 1.82) is 0 Å². The van der Waals surface area contributed by atoms with Crippen molar-refractivity contribution in [2.24, 2.45) is 11.3 Å². The zero-order valence-corrected chi connectivity index (χ0v) is 13.7. The van der Waals surface area contributed by atoms with Crippen molar-refractivity contribution < 1.29 is 14.3 Å². The molecule has 0 radical (unpaired) electrons. The van der Waals surface area contributed by atoms with Crippen LogP contribution in [0.1, 0.15) is 26.7 Å². The number of hydrogen-bond acceptors (Lipinski definition) is 4. The lowest BCUT2D eigenvalue weighted by Gasteiger charge is -2.38. The first-order chi connectivity index (χ1) is 9.89. The van der Waals surface area contributed by atoms with E-state index in [0.29, 0.717) is 19.1 Å². The van der Waals surface area contributed by atoms with Crippen LogP contribution >= 0.6 is 0 Å². The Hall–Kier alpha value is -1.14. The Bertz CT molecular complexity index is 352. The number of likely N-dealkylation sites (N-methyl/N-ethyl adjacent to an activating group) is 1. The predicted octanol–water partition coefficient (Wildman–Crippen LogP) is 0.233. The molecular formula is C15H29N3O3.